The van der Waals surface area contributed by atoms with Crippen LogP contribution in [0.5, 0.6) is 0 Å². The van der Waals surface area contributed by atoms with Crippen molar-refractivity contribution in [3.05, 3.63) is 35.8 Å². The fourth-order valence-electron chi connectivity index (χ4n) is 3.12. The number of carbonyl (C=O) groups excluding carboxylic acids is 1. The number of halogens is 1. The van der Waals surface area contributed by atoms with Crippen molar-refractivity contribution < 1.29 is 9.18 Å². The van der Waals surface area contributed by atoms with E-state index in [4.69, 9.17) is 5.41 Å². The molecule has 1 fully saturated rings. The van der Waals surface area contributed by atoms with Crippen LogP contribution < -0.4 is 10.8 Å². The van der Waals surface area contributed by atoms with E-state index in [1.54, 1.807) is 6.07 Å². The lowest BCUT2D eigenvalue weighted by molar-refractivity contribution is 0.0931. The van der Waals surface area contributed by atoms with Gasteiger partial charge in [0.25, 0.3) is 0 Å². The zero-order valence-electron chi connectivity index (χ0n) is 14.3. The van der Waals surface area contributed by atoms with Crippen molar-refractivity contribution in [3.63, 3.8) is 0 Å². The highest BCUT2D eigenvalue weighted by molar-refractivity contribution is 5.77. The van der Waals surface area contributed by atoms with Gasteiger partial charge >= 0.3 is 0 Å². The van der Waals surface area contributed by atoms with Gasteiger partial charge in [-0.2, -0.15) is 0 Å². The molecule has 1 saturated carbocycles. The topological polar surface area (TPSA) is 83.7 Å². The average molecular weight is 343 g/mol. The zero-order valence-corrected chi connectivity index (χ0v) is 14.3. The van der Waals surface area contributed by atoms with Crippen LogP contribution in [0.2, 0.25) is 0 Å². The molecule has 1 aliphatic rings. The van der Waals surface area contributed by atoms with Crippen LogP contribution in [0.15, 0.2) is 24.5 Å². The maximum Gasteiger partial charge on any atom is 0.229 e. The summed E-state index contributed by atoms with van der Waals surface area (Å²) in [5.74, 6) is -0.232. The van der Waals surface area contributed by atoms with Crippen LogP contribution in [0.1, 0.15) is 50.2 Å². The second kappa shape index (κ2) is 7.55. The quantitative estimate of drug-likeness (QED) is 0.837. The van der Waals surface area contributed by atoms with E-state index in [9.17, 15) is 9.18 Å². The van der Waals surface area contributed by atoms with E-state index in [1.807, 2.05) is 0 Å². The lowest BCUT2D eigenvalue weighted by Gasteiger charge is -2.17. The summed E-state index contributed by atoms with van der Waals surface area (Å²) >= 11 is 0. The van der Waals surface area contributed by atoms with Crippen molar-refractivity contribution in [3.8, 4) is 11.4 Å². The molecule has 132 valence electrons. The molecule has 0 saturated heterocycles. The molecule has 2 aromatic heterocycles. The Morgan fingerprint density at radius 2 is 2.00 bits per heavy atom. The van der Waals surface area contributed by atoms with E-state index in [1.165, 1.54) is 36.6 Å². The molecule has 0 unspecified atom stereocenters. The zero-order chi connectivity index (χ0) is 17.8. The third kappa shape index (κ3) is 4.10. The highest BCUT2D eigenvalue weighted by atomic mass is 19.1. The summed E-state index contributed by atoms with van der Waals surface area (Å²) in [5, 5.41) is 11.0. The lowest BCUT2D eigenvalue weighted by Crippen LogP contribution is -2.23. The molecule has 0 radical (unpaired) electrons. The first-order chi connectivity index (χ1) is 12.0. The summed E-state index contributed by atoms with van der Waals surface area (Å²) in [4.78, 5) is 19.9. The third-order valence-electron chi connectivity index (χ3n) is 4.49. The van der Waals surface area contributed by atoms with Crippen LogP contribution in [0, 0.1) is 11.2 Å². The minimum Gasteiger partial charge on any atom is -0.365 e. The first-order valence-electron chi connectivity index (χ1n) is 8.62. The molecule has 6 nitrogen and oxygen atoms in total. The van der Waals surface area contributed by atoms with Gasteiger partial charge in [-0.25, -0.2) is 14.4 Å². The number of rotatable bonds is 3. The van der Waals surface area contributed by atoms with Crippen molar-refractivity contribution >= 4 is 11.7 Å². The van der Waals surface area contributed by atoms with Crippen LogP contribution in [0.25, 0.3) is 11.4 Å². The van der Waals surface area contributed by atoms with Gasteiger partial charge in [0.1, 0.15) is 5.49 Å². The summed E-state index contributed by atoms with van der Waals surface area (Å²) in [7, 11) is 0. The largest absolute Gasteiger partial charge is 0.365 e. The predicted molar refractivity (Wildman–Crippen MR) is 92.7 cm³/mol. The van der Waals surface area contributed by atoms with E-state index in [-0.39, 0.29) is 23.3 Å². The normalized spacial score (nSPS) is 15.6. The molecule has 2 N–H and O–H groups in total. The van der Waals surface area contributed by atoms with Crippen LogP contribution in [0.3, 0.4) is 0 Å². The van der Waals surface area contributed by atoms with E-state index >= 15 is 0 Å². The standard InChI is InChI=1S/C18H22FN5O/c1-12(25)24-11-13(8-9-16(24)20)17-21-10-15(19)18(23-17)22-14-6-4-2-3-5-7-14/h8-11,14,20H,2-7H2,1H3,(H,21,22,23). The fourth-order valence-corrected chi connectivity index (χ4v) is 3.12. The number of carbonyl (C=O) groups is 1. The van der Waals surface area contributed by atoms with Crippen molar-refractivity contribution in [2.24, 2.45) is 0 Å². The van der Waals surface area contributed by atoms with Gasteiger partial charge < -0.3 is 5.32 Å². The Balaban J connectivity index is 1.89. The molecule has 3 rings (SSSR count). The molecule has 0 atom stereocenters. The second-order valence-electron chi connectivity index (χ2n) is 6.42. The molecule has 2 aromatic rings. The Bertz CT molecular complexity index is 824. The summed E-state index contributed by atoms with van der Waals surface area (Å²) in [6.07, 6.45) is 9.40. The van der Waals surface area contributed by atoms with Crippen molar-refractivity contribution in [2.45, 2.75) is 51.5 Å². The van der Waals surface area contributed by atoms with Gasteiger partial charge in [0, 0.05) is 24.7 Å². The number of nitrogens with zero attached hydrogens (tertiary/aromatic N) is 3. The summed E-state index contributed by atoms with van der Waals surface area (Å²) in [6, 6.07) is 3.38. The number of nitrogens with one attached hydrogen (secondary N) is 2. The number of hydrogen-bond donors (Lipinski definition) is 2. The third-order valence-corrected chi connectivity index (χ3v) is 4.49. The van der Waals surface area contributed by atoms with Crippen LogP contribution in [-0.2, 0) is 0 Å². The number of pyridine rings is 1. The maximum absolute atomic E-state index is 14.1. The minimum absolute atomic E-state index is 0.0789. The van der Waals surface area contributed by atoms with Crippen molar-refractivity contribution in [1.29, 1.82) is 5.41 Å². The highest BCUT2D eigenvalue weighted by Crippen LogP contribution is 2.23. The minimum atomic E-state index is -0.482. The first kappa shape index (κ1) is 17.3. The Hall–Kier alpha value is -2.57. The Labute approximate surface area is 145 Å². The van der Waals surface area contributed by atoms with E-state index in [2.05, 4.69) is 15.3 Å². The van der Waals surface area contributed by atoms with Gasteiger partial charge in [0.15, 0.2) is 17.5 Å². The number of aromatic nitrogens is 3. The Morgan fingerprint density at radius 1 is 1.28 bits per heavy atom. The Morgan fingerprint density at radius 3 is 2.68 bits per heavy atom. The number of anilines is 1. The molecular weight excluding hydrogens is 321 g/mol. The molecule has 25 heavy (non-hydrogen) atoms. The van der Waals surface area contributed by atoms with Crippen molar-refractivity contribution in [2.75, 3.05) is 5.32 Å². The summed E-state index contributed by atoms with van der Waals surface area (Å²) in [5.41, 5.74) is 0.644. The smallest absolute Gasteiger partial charge is 0.229 e. The molecule has 0 spiro atoms. The van der Waals surface area contributed by atoms with Crippen LogP contribution in [0.4, 0.5) is 10.2 Å². The van der Waals surface area contributed by atoms with Gasteiger partial charge in [0.05, 0.1) is 6.20 Å². The average Bonchev–Trinajstić information content (AvgIpc) is 2.86. The van der Waals surface area contributed by atoms with E-state index < -0.39 is 5.82 Å². The summed E-state index contributed by atoms with van der Waals surface area (Å²) in [6.45, 7) is 1.38. The molecule has 2 heterocycles. The number of hydrogen-bond acceptors (Lipinski definition) is 5. The highest BCUT2D eigenvalue weighted by Gasteiger charge is 2.16. The van der Waals surface area contributed by atoms with Gasteiger partial charge in [-0.15, -0.1) is 0 Å². The van der Waals surface area contributed by atoms with Crippen molar-refractivity contribution in [1.82, 2.24) is 14.5 Å². The van der Waals surface area contributed by atoms with Gasteiger partial charge in [-0.3, -0.25) is 14.8 Å². The van der Waals surface area contributed by atoms with Crippen LogP contribution >= 0.6 is 0 Å². The Kier molecular flexibility index (Phi) is 5.21. The fraction of sp³-hybridized carbons (Fsp3) is 0.444. The van der Waals surface area contributed by atoms with Gasteiger partial charge in [0.2, 0.25) is 5.91 Å². The van der Waals surface area contributed by atoms with E-state index in [0.717, 1.165) is 31.9 Å². The lowest BCUT2D eigenvalue weighted by atomic mass is 10.1. The molecular formula is C18H22FN5O. The maximum atomic E-state index is 14.1. The monoisotopic (exact) mass is 343 g/mol. The molecule has 0 aromatic carbocycles. The molecule has 7 heteroatoms. The molecule has 0 amide bonds. The van der Waals surface area contributed by atoms with E-state index in [0.29, 0.717) is 11.4 Å². The summed E-state index contributed by atoms with van der Waals surface area (Å²) < 4.78 is 15.3. The first-order valence-corrected chi connectivity index (χ1v) is 8.62. The molecule has 0 aliphatic heterocycles. The van der Waals surface area contributed by atoms with Crippen LogP contribution in [-0.4, -0.2) is 26.5 Å². The van der Waals surface area contributed by atoms with Gasteiger partial charge in [-0.1, -0.05) is 25.7 Å². The predicted octanol–water partition coefficient (Wildman–Crippen LogP) is 3.36. The molecule has 1 aliphatic carbocycles. The SMILES string of the molecule is CC(=O)n1cc(-c2ncc(F)c(NC3CCCCCC3)n2)ccc1=N. The van der Waals surface area contributed by atoms with Gasteiger partial charge in [-0.05, 0) is 25.0 Å². The molecule has 0 bridgehead atoms. The second-order valence-corrected chi connectivity index (χ2v) is 6.42.